The third-order valence-electron chi connectivity index (χ3n) is 6.06. The molecule has 2 unspecified atom stereocenters. The predicted molar refractivity (Wildman–Crippen MR) is 117 cm³/mol. The van der Waals surface area contributed by atoms with Gasteiger partial charge in [-0.2, -0.15) is 4.31 Å². The van der Waals surface area contributed by atoms with Crippen molar-refractivity contribution in [3.8, 4) is 16.9 Å². The van der Waals surface area contributed by atoms with Gasteiger partial charge in [0, 0.05) is 36.8 Å². The minimum absolute atomic E-state index is 0.00139. The summed E-state index contributed by atoms with van der Waals surface area (Å²) in [6.07, 6.45) is -3.98. The van der Waals surface area contributed by atoms with Crippen LogP contribution in [0.4, 0.5) is 13.2 Å². The summed E-state index contributed by atoms with van der Waals surface area (Å²) in [5.41, 5.74) is 1.41. The van der Waals surface area contributed by atoms with E-state index in [-0.39, 0.29) is 23.1 Å². The van der Waals surface area contributed by atoms with Gasteiger partial charge in [-0.1, -0.05) is 18.2 Å². The second-order valence-corrected chi connectivity index (χ2v) is 11.3. The normalized spacial score (nSPS) is 20.9. The average molecular weight is 497 g/mol. The average Bonchev–Trinajstić information content (AvgIpc) is 3.30. The molecule has 0 N–H and O–H groups in total. The Bertz CT molecular complexity index is 1330. The molecule has 2 aliphatic heterocycles. The number of thiophene rings is 1. The van der Waals surface area contributed by atoms with Gasteiger partial charge in [0.05, 0.1) is 0 Å². The van der Waals surface area contributed by atoms with Gasteiger partial charge in [0.1, 0.15) is 9.96 Å². The van der Waals surface area contributed by atoms with Gasteiger partial charge >= 0.3 is 6.36 Å². The molecule has 1 saturated heterocycles. The van der Waals surface area contributed by atoms with Gasteiger partial charge < -0.3 is 9.30 Å². The molecule has 2 atom stereocenters. The summed E-state index contributed by atoms with van der Waals surface area (Å²) in [4.78, 5) is 13.2. The second-order valence-electron chi connectivity index (χ2n) is 8.21. The third kappa shape index (κ3) is 4.20. The number of ether oxygens (including phenoxy) is 1. The highest BCUT2D eigenvalue weighted by Gasteiger charge is 2.40. The van der Waals surface area contributed by atoms with E-state index in [1.165, 1.54) is 39.9 Å². The van der Waals surface area contributed by atoms with Crippen LogP contribution in [0.25, 0.3) is 11.1 Å². The lowest BCUT2D eigenvalue weighted by molar-refractivity contribution is -0.274. The molecule has 2 aliphatic rings. The lowest BCUT2D eigenvalue weighted by Gasteiger charge is -2.42. The monoisotopic (exact) mass is 496 g/mol. The number of sulfonamides is 1. The SMILES string of the molecule is O=c1c(-c2ccc(OC(F)(F)F)cc2)ccc2n1CC1CC2CN(S(=O)(=O)c2cccs2)C1. The van der Waals surface area contributed by atoms with Gasteiger partial charge in [-0.15, -0.1) is 24.5 Å². The number of halogens is 3. The maximum absolute atomic E-state index is 13.2. The zero-order valence-electron chi connectivity index (χ0n) is 17.2. The van der Waals surface area contributed by atoms with Crippen molar-refractivity contribution in [2.75, 3.05) is 13.1 Å². The molecule has 2 aromatic heterocycles. The quantitative estimate of drug-likeness (QED) is 0.541. The molecule has 33 heavy (non-hydrogen) atoms. The summed E-state index contributed by atoms with van der Waals surface area (Å²) in [6.45, 7) is 1.04. The van der Waals surface area contributed by atoms with Crippen molar-refractivity contribution in [2.24, 2.45) is 5.92 Å². The number of rotatable bonds is 4. The molecule has 6 nitrogen and oxygen atoms in total. The number of benzene rings is 1. The number of fused-ring (bicyclic) bond motifs is 4. The van der Waals surface area contributed by atoms with Gasteiger partial charge in [-0.25, -0.2) is 8.42 Å². The van der Waals surface area contributed by atoms with E-state index in [0.29, 0.717) is 35.0 Å². The van der Waals surface area contributed by atoms with E-state index in [0.717, 1.165) is 12.1 Å². The summed E-state index contributed by atoms with van der Waals surface area (Å²) in [6, 6.07) is 12.0. The van der Waals surface area contributed by atoms with Crippen LogP contribution in [0, 0.1) is 5.92 Å². The summed E-state index contributed by atoms with van der Waals surface area (Å²) >= 11 is 1.19. The highest BCUT2D eigenvalue weighted by Crippen LogP contribution is 2.38. The van der Waals surface area contributed by atoms with Crippen molar-refractivity contribution >= 4 is 21.4 Å². The first-order valence-corrected chi connectivity index (χ1v) is 12.6. The molecule has 0 saturated carbocycles. The minimum Gasteiger partial charge on any atom is -0.406 e. The largest absolute Gasteiger partial charge is 0.573 e. The molecule has 4 heterocycles. The van der Waals surface area contributed by atoms with Gasteiger partial charge in [0.15, 0.2) is 0 Å². The van der Waals surface area contributed by atoms with E-state index in [9.17, 15) is 26.4 Å². The number of pyridine rings is 1. The van der Waals surface area contributed by atoms with Crippen molar-refractivity contribution < 1.29 is 26.3 Å². The molecule has 0 amide bonds. The smallest absolute Gasteiger partial charge is 0.406 e. The molecule has 0 aliphatic carbocycles. The number of nitrogens with zero attached hydrogens (tertiary/aromatic N) is 2. The summed E-state index contributed by atoms with van der Waals surface area (Å²) in [5, 5.41) is 1.73. The van der Waals surface area contributed by atoms with E-state index in [2.05, 4.69) is 4.74 Å². The van der Waals surface area contributed by atoms with Gasteiger partial charge in [-0.3, -0.25) is 4.79 Å². The van der Waals surface area contributed by atoms with Crippen molar-refractivity contribution in [1.29, 1.82) is 0 Å². The van der Waals surface area contributed by atoms with Gasteiger partial charge in [0.25, 0.3) is 15.6 Å². The zero-order chi connectivity index (χ0) is 23.4. The Morgan fingerprint density at radius 3 is 2.42 bits per heavy atom. The molecule has 2 bridgehead atoms. The number of alkyl halides is 3. The van der Waals surface area contributed by atoms with Crippen LogP contribution in [0.2, 0.25) is 0 Å². The number of hydrogen-bond acceptors (Lipinski definition) is 5. The van der Waals surface area contributed by atoms with E-state index < -0.39 is 16.4 Å². The molecule has 1 aromatic carbocycles. The molecule has 0 spiro atoms. The first kappa shape index (κ1) is 22.2. The third-order valence-corrected chi connectivity index (χ3v) is 9.26. The number of hydrogen-bond donors (Lipinski definition) is 0. The maximum Gasteiger partial charge on any atom is 0.573 e. The van der Waals surface area contributed by atoms with Crippen molar-refractivity contribution in [3.05, 3.63) is 70.0 Å². The van der Waals surface area contributed by atoms with E-state index >= 15 is 0 Å². The van der Waals surface area contributed by atoms with Crippen LogP contribution in [0.1, 0.15) is 18.0 Å². The Morgan fingerprint density at radius 2 is 1.76 bits per heavy atom. The highest BCUT2D eigenvalue weighted by atomic mass is 32.2. The molecule has 0 radical (unpaired) electrons. The summed E-state index contributed by atoms with van der Waals surface area (Å²) in [5.74, 6) is -0.455. The lowest BCUT2D eigenvalue weighted by Crippen LogP contribution is -2.49. The molecular weight excluding hydrogens is 477 g/mol. The molecule has 1 fully saturated rings. The van der Waals surface area contributed by atoms with Crippen LogP contribution >= 0.6 is 11.3 Å². The molecule has 11 heteroatoms. The number of piperidine rings is 1. The van der Waals surface area contributed by atoms with E-state index in [1.54, 1.807) is 28.1 Å². The Labute approximate surface area is 191 Å². The van der Waals surface area contributed by atoms with Crippen LogP contribution < -0.4 is 10.3 Å². The predicted octanol–water partition coefficient (Wildman–Crippen LogP) is 4.28. The molecule has 3 aromatic rings. The van der Waals surface area contributed by atoms with Crippen LogP contribution in [-0.4, -0.2) is 36.7 Å². The standard InChI is InChI=1S/C22H19F3N2O4S2/c23-22(24,25)31-17-5-3-15(4-6-17)18-7-8-19-16-10-14(12-27(19)21(18)28)11-26(13-16)33(29,30)20-2-1-9-32-20/h1-9,14,16H,10-13H2. The summed E-state index contributed by atoms with van der Waals surface area (Å²) < 4.78 is 70.6. The zero-order valence-corrected chi connectivity index (χ0v) is 18.8. The fourth-order valence-electron chi connectivity index (χ4n) is 4.69. The Kier molecular flexibility index (Phi) is 5.37. The maximum atomic E-state index is 13.2. The van der Waals surface area contributed by atoms with Crippen LogP contribution in [0.3, 0.4) is 0 Å². The summed E-state index contributed by atoms with van der Waals surface area (Å²) in [7, 11) is -3.57. The Morgan fingerprint density at radius 1 is 1.00 bits per heavy atom. The Balaban J connectivity index is 1.43. The topological polar surface area (TPSA) is 68.6 Å². The van der Waals surface area contributed by atoms with Crippen molar-refractivity contribution in [1.82, 2.24) is 8.87 Å². The first-order valence-electron chi connectivity index (χ1n) is 10.3. The van der Waals surface area contributed by atoms with Crippen molar-refractivity contribution in [3.63, 3.8) is 0 Å². The second kappa shape index (κ2) is 8.00. The first-order chi connectivity index (χ1) is 15.6. The lowest BCUT2D eigenvalue weighted by atomic mass is 9.84. The Hall–Kier alpha value is -2.63. The van der Waals surface area contributed by atoms with Crippen molar-refractivity contribution in [2.45, 2.75) is 29.5 Å². The van der Waals surface area contributed by atoms with Crippen LogP contribution in [0.15, 0.2) is 62.9 Å². The fraction of sp³-hybridized carbons (Fsp3) is 0.318. The van der Waals surface area contributed by atoms with Crippen LogP contribution in [-0.2, 0) is 16.6 Å². The van der Waals surface area contributed by atoms with Crippen LogP contribution in [0.5, 0.6) is 5.75 Å². The molecular formula is C22H19F3N2O4S2. The van der Waals surface area contributed by atoms with Gasteiger partial charge in [0.2, 0.25) is 0 Å². The highest BCUT2D eigenvalue weighted by molar-refractivity contribution is 7.91. The fourth-order valence-corrected chi connectivity index (χ4v) is 7.40. The number of aromatic nitrogens is 1. The molecule has 5 rings (SSSR count). The molecule has 174 valence electrons. The minimum atomic E-state index is -4.78. The van der Waals surface area contributed by atoms with E-state index in [4.69, 9.17) is 0 Å². The van der Waals surface area contributed by atoms with Gasteiger partial charge in [-0.05, 0) is 53.6 Å². The van der Waals surface area contributed by atoms with E-state index in [1.807, 2.05) is 6.07 Å².